The number of aliphatic hydroxyl groups excluding tert-OH is 1. The monoisotopic (exact) mass is 148 g/mol. The summed E-state index contributed by atoms with van der Waals surface area (Å²) in [5, 5.41) is 8.38. The van der Waals surface area contributed by atoms with Gasteiger partial charge >= 0.3 is 0 Å². The van der Waals surface area contributed by atoms with Gasteiger partial charge in [0.1, 0.15) is 0 Å². The molecule has 9 heavy (non-hydrogen) atoms. The highest BCUT2D eigenvalue weighted by molar-refractivity contribution is 5.85. The van der Waals surface area contributed by atoms with Crippen molar-refractivity contribution in [3.05, 3.63) is 18.2 Å². The lowest BCUT2D eigenvalue weighted by Gasteiger charge is -1.84. The molecule has 4 heteroatoms. The van der Waals surface area contributed by atoms with Crippen LogP contribution in [-0.2, 0) is 6.42 Å². The van der Waals surface area contributed by atoms with Crippen molar-refractivity contribution < 1.29 is 5.11 Å². The van der Waals surface area contributed by atoms with Gasteiger partial charge in [-0.3, -0.25) is 0 Å². The number of nitrogens with one attached hydrogen (secondary N) is 1. The van der Waals surface area contributed by atoms with E-state index in [1.54, 1.807) is 12.5 Å². The minimum atomic E-state index is 0. The van der Waals surface area contributed by atoms with Gasteiger partial charge in [-0.15, -0.1) is 12.4 Å². The molecule has 2 N–H and O–H groups in total. The summed E-state index contributed by atoms with van der Waals surface area (Å²) in [5.41, 5.74) is 0.910. The average Bonchev–Trinajstić information content (AvgIpc) is 2.19. The highest BCUT2D eigenvalue weighted by Crippen LogP contribution is 1.89. The molecule has 0 radical (unpaired) electrons. The Morgan fingerprint density at radius 3 is 2.89 bits per heavy atom. The summed E-state index contributed by atoms with van der Waals surface area (Å²) in [5.74, 6) is 0. The van der Waals surface area contributed by atoms with E-state index in [1.807, 2.05) is 0 Å². The van der Waals surface area contributed by atoms with Crippen LogP contribution in [0.25, 0.3) is 0 Å². The molecule has 0 unspecified atom stereocenters. The van der Waals surface area contributed by atoms with E-state index in [0.717, 1.165) is 5.69 Å². The van der Waals surface area contributed by atoms with Crippen molar-refractivity contribution in [1.29, 1.82) is 0 Å². The highest BCUT2D eigenvalue weighted by Gasteiger charge is 1.88. The maximum absolute atomic E-state index is 8.38. The molecule has 0 fully saturated rings. The Kier molecular flexibility index (Phi) is 4.09. The lowest BCUT2D eigenvalue weighted by molar-refractivity contribution is 0.298. The van der Waals surface area contributed by atoms with Gasteiger partial charge in [-0.2, -0.15) is 0 Å². The first-order valence-electron chi connectivity index (χ1n) is 2.52. The smallest absolute Gasteiger partial charge is 0.0923 e. The maximum atomic E-state index is 8.38. The molecule has 0 aliphatic heterocycles. The van der Waals surface area contributed by atoms with Gasteiger partial charge in [0.15, 0.2) is 0 Å². The summed E-state index contributed by atoms with van der Waals surface area (Å²) in [7, 11) is 0. The molecule has 0 saturated heterocycles. The Morgan fingerprint density at radius 2 is 2.44 bits per heavy atom. The lowest BCUT2D eigenvalue weighted by atomic mass is 10.4. The van der Waals surface area contributed by atoms with Crippen molar-refractivity contribution in [3.63, 3.8) is 0 Å². The van der Waals surface area contributed by atoms with Gasteiger partial charge in [0.2, 0.25) is 0 Å². The van der Waals surface area contributed by atoms with Crippen molar-refractivity contribution in [2.75, 3.05) is 6.61 Å². The summed E-state index contributed by atoms with van der Waals surface area (Å²) in [6.45, 7) is 0.171. The Bertz CT molecular complexity index is 141. The van der Waals surface area contributed by atoms with E-state index in [2.05, 4.69) is 9.97 Å². The molecular formula is C5H9ClN2O. The summed E-state index contributed by atoms with van der Waals surface area (Å²) in [6.07, 6.45) is 4.02. The molecule has 3 nitrogen and oxygen atoms in total. The average molecular weight is 149 g/mol. The number of nitrogens with zero attached hydrogens (tertiary/aromatic N) is 1. The van der Waals surface area contributed by atoms with Crippen LogP contribution in [0, 0.1) is 0 Å². The molecule has 1 heterocycles. The van der Waals surface area contributed by atoms with Gasteiger partial charge < -0.3 is 10.1 Å². The minimum absolute atomic E-state index is 0. The molecule has 0 aliphatic carbocycles. The summed E-state index contributed by atoms with van der Waals surface area (Å²) < 4.78 is 0. The van der Waals surface area contributed by atoms with Crippen LogP contribution in [0.15, 0.2) is 12.5 Å². The second-order valence-corrected chi connectivity index (χ2v) is 1.53. The van der Waals surface area contributed by atoms with Crippen molar-refractivity contribution in [1.82, 2.24) is 9.97 Å². The Balaban J connectivity index is 0.000000640. The highest BCUT2D eigenvalue weighted by atomic mass is 35.5. The normalized spacial score (nSPS) is 8.56. The number of aromatic nitrogens is 2. The molecule has 0 aliphatic rings. The summed E-state index contributed by atoms with van der Waals surface area (Å²) in [4.78, 5) is 6.68. The fraction of sp³-hybridized carbons (Fsp3) is 0.400. The van der Waals surface area contributed by atoms with E-state index in [-0.39, 0.29) is 19.0 Å². The third-order valence-electron chi connectivity index (χ3n) is 0.923. The summed E-state index contributed by atoms with van der Waals surface area (Å²) in [6, 6.07) is 0. The predicted octanol–water partition coefficient (Wildman–Crippen LogP) is 0.366. The molecular weight excluding hydrogens is 140 g/mol. The zero-order valence-corrected chi connectivity index (χ0v) is 5.69. The molecule has 1 aromatic heterocycles. The lowest BCUT2D eigenvalue weighted by Crippen LogP contribution is -1.88. The van der Waals surface area contributed by atoms with Crippen LogP contribution < -0.4 is 0 Å². The first-order chi connectivity index (χ1) is 3.93. The van der Waals surface area contributed by atoms with Crippen molar-refractivity contribution in [3.8, 4) is 0 Å². The number of rotatable bonds is 2. The number of halogens is 1. The maximum Gasteiger partial charge on any atom is 0.0923 e. The number of H-pyrrole nitrogens is 1. The number of aromatic amines is 1. The number of imidazole rings is 1. The number of hydrogen-bond acceptors (Lipinski definition) is 2. The van der Waals surface area contributed by atoms with E-state index in [9.17, 15) is 0 Å². The van der Waals surface area contributed by atoms with Crippen LogP contribution >= 0.6 is 12.4 Å². The Labute approximate surface area is 59.5 Å². The first-order valence-corrected chi connectivity index (χ1v) is 2.52. The second kappa shape index (κ2) is 4.35. The zero-order valence-electron chi connectivity index (χ0n) is 4.87. The quantitative estimate of drug-likeness (QED) is 0.637. The van der Waals surface area contributed by atoms with Crippen molar-refractivity contribution in [2.24, 2.45) is 0 Å². The molecule has 0 saturated carbocycles. The van der Waals surface area contributed by atoms with Crippen LogP contribution in [0.5, 0.6) is 0 Å². The third-order valence-corrected chi connectivity index (χ3v) is 0.923. The number of hydrogen-bond donors (Lipinski definition) is 2. The Hall–Kier alpha value is -0.540. The van der Waals surface area contributed by atoms with E-state index in [1.165, 1.54) is 0 Å². The molecule has 0 aromatic carbocycles. The van der Waals surface area contributed by atoms with Crippen molar-refractivity contribution >= 4 is 12.4 Å². The third kappa shape index (κ3) is 2.49. The van der Waals surface area contributed by atoms with Gasteiger partial charge in [0.25, 0.3) is 0 Å². The van der Waals surface area contributed by atoms with Gasteiger partial charge in [-0.05, 0) is 0 Å². The molecule has 0 atom stereocenters. The van der Waals surface area contributed by atoms with E-state index >= 15 is 0 Å². The molecule has 1 aromatic rings. The van der Waals surface area contributed by atoms with Crippen LogP contribution in [-0.4, -0.2) is 21.7 Å². The van der Waals surface area contributed by atoms with Gasteiger partial charge in [0, 0.05) is 19.2 Å². The number of aliphatic hydroxyl groups is 1. The van der Waals surface area contributed by atoms with Crippen molar-refractivity contribution in [2.45, 2.75) is 6.42 Å². The topological polar surface area (TPSA) is 48.9 Å². The molecule has 1 rings (SSSR count). The fourth-order valence-electron chi connectivity index (χ4n) is 0.542. The first kappa shape index (κ1) is 8.46. The molecule has 0 spiro atoms. The predicted molar refractivity (Wildman–Crippen MR) is 36.6 cm³/mol. The SMILES string of the molecule is Cl.OCCc1c[nH]cn1. The van der Waals surface area contributed by atoms with E-state index in [4.69, 9.17) is 5.11 Å². The molecule has 0 bridgehead atoms. The summed E-state index contributed by atoms with van der Waals surface area (Å²) >= 11 is 0. The van der Waals surface area contributed by atoms with Crippen LogP contribution in [0.3, 0.4) is 0 Å². The largest absolute Gasteiger partial charge is 0.396 e. The van der Waals surface area contributed by atoms with E-state index in [0.29, 0.717) is 6.42 Å². The van der Waals surface area contributed by atoms with Crippen LogP contribution in [0.1, 0.15) is 5.69 Å². The standard InChI is InChI=1S/C5H8N2O.ClH/c8-2-1-5-3-6-4-7-5;/h3-4,8H,1-2H2,(H,6,7);1H. The minimum Gasteiger partial charge on any atom is -0.396 e. The van der Waals surface area contributed by atoms with Crippen LogP contribution in [0.2, 0.25) is 0 Å². The fourth-order valence-corrected chi connectivity index (χ4v) is 0.542. The van der Waals surface area contributed by atoms with Gasteiger partial charge in [0.05, 0.1) is 12.0 Å². The molecule has 0 amide bonds. The second-order valence-electron chi connectivity index (χ2n) is 1.53. The molecule has 52 valence electrons. The van der Waals surface area contributed by atoms with Gasteiger partial charge in [-0.1, -0.05) is 0 Å². The van der Waals surface area contributed by atoms with E-state index < -0.39 is 0 Å². The Morgan fingerprint density at radius 1 is 1.67 bits per heavy atom. The zero-order chi connectivity index (χ0) is 5.82. The van der Waals surface area contributed by atoms with Gasteiger partial charge in [-0.25, -0.2) is 4.98 Å². The van der Waals surface area contributed by atoms with Crippen LogP contribution in [0.4, 0.5) is 0 Å².